The van der Waals surface area contributed by atoms with Gasteiger partial charge in [0.25, 0.3) is 0 Å². The van der Waals surface area contributed by atoms with Crippen molar-refractivity contribution in [3.63, 3.8) is 0 Å². The fourth-order valence-electron chi connectivity index (χ4n) is 4.08. The van der Waals surface area contributed by atoms with Crippen LogP contribution in [0, 0.1) is 6.92 Å². The monoisotopic (exact) mass is 412 g/mol. The third-order valence-electron chi connectivity index (χ3n) is 5.77. The second-order valence-electron chi connectivity index (χ2n) is 7.62. The van der Waals surface area contributed by atoms with Crippen LogP contribution < -0.4 is 15.1 Å². The number of hydrogen-bond acceptors (Lipinski definition) is 4. The number of anilines is 3. The molecule has 0 spiro atoms. The Labute approximate surface area is 176 Å². The molecule has 7 heteroatoms. The first-order valence-corrected chi connectivity index (χ1v) is 10.3. The molecule has 2 aromatic rings. The molecule has 4 rings (SSSR count). The first-order valence-electron chi connectivity index (χ1n) is 9.89. The number of nitrogens with one attached hydrogen (secondary N) is 1. The third-order valence-corrected chi connectivity index (χ3v) is 6.00. The van der Waals surface area contributed by atoms with Crippen LogP contribution in [-0.2, 0) is 9.59 Å². The molecule has 0 saturated carbocycles. The van der Waals surface area contributed by atoms with Crippen molar-refractivity contribution >= 4 is 40.5 Å². The highest BCUT2D eigenvalue weighted by atomic mass is 35.5. The van der Waals surface area contributed by atoms with Crippen molar-refractivity contribution in [2.24, 2.45) is 0 Å². The van der Waals surface area contributed by atoms with Gasteiger partial charge in [-0.1, -0.05) is 29.8 Å². The minimum atomic E-state index is -0.295. The highest BCUT2D eigenvalue weighted by Crippen LogP contribution is 2.30. The molecule has 2 aromatic carbocycles. The van der Waals surface area contributed by atoms with E-state index in [9.17, 15) is 9.59 Å². The fraction of sp³-hybridized carbons (Fsp3) is 0.364. The molecule has 1 atom stereocenters. The third kappa shape index (κ3) is 3.95. The molecular weight excluding hydrogens is 388 g/mol. The molecule has 2 aliphatic heterocycles. The van der Waals surface area contributed by atoms with Gasteiger partial charge in [-0.2, -0.15) is 0 Å². The van der Waals surface area contributed by atoms with Crippen molar-refractivity contribution in [1.82, 2.24) is 4.90 Å². The molecule has 0 aromatic heterocycles. The topological polar surface area (TPSA) is 55.9 Å². The van der Waals surface area contributed by atoms with Gasteiger partial charge in [-0.05, 0) is 43.7 Å². The summed E-state index contributed by atoms with van der Waals surface area (Å²) < 4.78 is 0. The zero-order valence-corrected chi connectivity index (χ0v) is 17.4. The lowest BCUT2D eigenvalue weighted by molar-refractivity contribution is -0.125. The number of para-hydroxylation sites is 2. The summed E-state index contributed by atoms with van der Waals surface area (Å²) in [6, 6.07) is 13.1. The van der Waals surface area contributed by atoms with Gasteiger partial charge in [-0.15, -0.1) is 0 Å². The molecule has 1 fully saturated rings. The molecule has 0 aliphatic carbocycles. The van der Waals surface area contributed by atoms with Gasteiger partial charge in [0, 0.05) is 36.9 Å². The van der Waals surface area contributed by atoms with E-state index in [4.69, 9.17) is 11.6 Å². The van der Waals surface area contributed by atoms with Gasteiger partial charge in [0.15, 0.2) is 0 Å². The number of carbonyl (C=O) groups excluding carboxylic acids is 2. The van der Waals surface area contributed by atoms with Crippen molar-refractivity contribution in [1.29, 1.82) is 0 Å². The number of aryl methyl sites for hydroxylation is 1. The lowest BCUT2D eigenvalue weighted by atomic mass is 10.1. The predicted molar refractivity (Wildman–Crippen MR) is 117 cm³/mol. The Balaban J connectivity index is 1.45. The Kier molecular flexibility index (Phi) is 5.48. The molecule has 152 valence electrons. The average molecular weight is 413 g/mol. The minimum absolute atomic E-state index is 0.0420. The smallest absolute Gasteiger partial charge is 0.244 e. The number of piperazine rings is 1. The number of carbonyl (C=O) groups is 2. The van der Waals surface area contributed by atoms with E-state index in [0.29, 0.717) is 5.69 Å². The normalized spacial score (nSPS) is 18.2. The van der Waals surface area contributed by atoms with Crippen LogP contribution in [0.25, 0.3) is 0 Å². The predicted octanol–water partition coefficient (Wildman–Crippen LogP) is 3.14. The standard InChI is InChI=1S/C22H25ClN4O2/c1-15-7-8-17(23)13-20(15)26-11-9-25(10-12-26)16(2)22(29)27-14-21(28)24-18-5-3-4-6-19(18)27/h3-8,13,16H,9-12,14H2,1-2H3,(H,24,28)/t16-/m1/s1. The Morgan fingerprint density at radius 3 is 2.55 bits per heavy atom. The Morgan fingerprint density at radius 2 is 1.79 bits per heavy atom. The summed E-state index contributed by atoms with van der Waals surface area (Å²) in [6.45, 7) is 7.29. The van der Waals surface area contributed by atoms with E-state index in [1.807, 2.05) is 49.4 Å². The zero-order chi connectivity index (χ0) is 20.5. The molecule has 29 heavy (non-hydrogen) atoms. The molecule has 6 nitrogen and oxygen atoms in total. The molecule has 0 bridgehead atoms. The Hall–Kier alpha value is -2.57. The second kappa shape index (κ2) is 8.05. The van der Waals surface area contributed by atoms with E-state index >= 15 is 0 Å². The SMILES string of the molecule is Cc1ccc(Cl)cc1N1CCN([C@H](C)C(=O)N2CC(=O)Nc3ccccc32)CC1. The van der Waals surface area contributed by atoms with Gasteiger partial charge >= 0.3 is 0 Å². The van der Waals surface area contributed by atoms with E-state index in [0.717, 1.165) is 42.6 Å². The summed E-state index contributed by atoms with van der Waals surface area (Å²) in [4.78, 5) is 31.4. The van der Waals surface area contributed by atoms with Crippen LogP contribution in [-0.4, -0.2) is 55.5 Å². The van der Waals surface area contributed by atoms with Crippen LogP contribution >= 0.6 is 11.6 Å². The number of amides is 2. The van der Waals surface area contributed by atoms with E-state index in [-0.39, 0.29) is 24.4 Å². The fourth-order valence-corrected chi connectivity index (χ4v) is 4.25. The lowest BCUT2D eigenvalue weighted by Gasteiger charge is -2.41. The van der Waals surface area contributed by atoms with Crippen LogP contribution in [0.4, 0.5) is 17.1 Å². The lowest BCUT2D eigenvalue weighted by Crippen LogP contribution is -2.56. The van der Waals surface area contributed by atoms with E-state index in [2.05, 4.69) is 22.0 Å². The van der Waals surface area contributed by atoms with Crippen molar-refractivity contribution in [2.45, 2.75) is 19.9 Å². The van der Waals surface area contributed by atoms with Gasteiger partial charge in [0.2, 0.25) is 11.8 Å². The van der Waals surface area contributed by atoms with Gasteiger partial charge in [-0.3, -0.25) is 19.4 Å². The quantitative estimate of drug-likeness (QED) is 0.841. The van der Waals surface area contributed by atoms with Crippen LogP contribution in [0.1, 0.15) is 12.5 Å². The van der Waals surface area contributed by atoms with E-state index < -0.39 is 0 Å². The summed E-state index contributed by atoms with van der Waals surface area (Å²) in [7, 11) is 0. The van der Waals surface area contributed by atoms with Crippen LogP contribution in [0.15, 0.2) is 42.5 Å². The van der Waals surface area contributed by atoms with Gasteiger partial charge in [-0.25, -0.2) is 0 Å². The summed E-state index contributed by atoms with van der Waals surface area (Å²) in [6.07, 6.45) is 0. The van der Waals surface area contributed by atoms with Crippen molar-refractivity contribution in [3.8, 4) is 0 Å². The molecule has 1 N–H and O–H groups in total. The van der Waals surface area contributed by atoms with Gasteiger partial charge in [0.05, 0.1) is 17.4 Å². The maximum absolute atomic E-state index is 13.2. The molecule has 0 radical (unpaired) electrons. The minimum Gasteiger partial charge on any atom is -0.369 e. The number of halogens is 1. The number of hydrogen-bond donors (Lipinski definition) is 1. The number of fused-ring (bicyclic) bond motifs is 1. The molecule has 2 heterocycles. The Bertz CT molecular complexity index is 940. The first-order chi connectivity index (χ1) is 13.9. The second-order valence-corrected chi connectivity index (χ2v) is 8.06. The van der Waals surface area contributed by atoms with E-state index in [1.165, 1.54) is 5.56 Å². The molecule has 2 amide bonds. The highest BCUT2D eigenvalue weighted by Gasteiger charge is 2.33. The number of benzene rings is 2. The number of nitrogens with zero attached hydrogens (tertiary/aromatic N) is 3. The van der Waals surface area contributed by atoms with Gasteiger partial charge < -0.3 is 10.2 Å². The maximum Gasteiger partial charge on any atom is 0.244 e. The first kappa shape index (κ1) is 19.7. The van der Waals surface area contributed by atoms with Crippen molar-refractivity contribution in [2.75, 3.05) is 47.8 Å². The molecule has 2 aliphatic rings. The van der Waals surface area contributed by atoms with E-state index in [1.54, 1.807) is 4.90 Å². The summed E-state index contributed by atoms with van der Waals surface area (Å²) in [5.41, 5.74) is 3.79. The van der Waals surface area contributed by atoms with Crippen molar-refractivity contribution in [3.05, 3.63) is 53.1 Å². The summed E-state index contributed by atoms with van der Waals surface area (Å²) in [5.74, 6) is -0.204. The number of rotatable bonds is 3. The molecule has 1 saturated heterocycles. The average Bonchev–Trinajstić information content (AvgIpc) is 2.74. The van der Waals surface area contributed by atoms with Gasteiger partial charge in [0.1, 0.15) is 6.54 Å². The summed E-state index contributed by atoms with van der Waals surface area (Å²) >= 11 is 6.18. The van der Waals surface area contributed by atoms with Crippen LogP contribution in [0.3, 0.4) is 0 Å². The van der Waals surface area contributed by atoms with Crippen molar-refractivity contribution < 1.29 is 9.59 Å². The highest BCUT2D eigenvalue weighted by molar-refractivity contribution is 6.30. The maximum atomic E-state index is 13.2. The Morgan fingerprint density at radius 1 is 1.07 bits per heavy atom. The van der Waals surface area contributed by atoms with Crippen LogP contribution in [0.2, 0.25) is 5.02 Å². The largest absolute Gasteiger partial charge is 0.369 e. The molecular formula is C22H25ClN4O2. The summed E-state index contributed by atoms with van der Waals surface area (Å²) in [5, 5.41) is 3.57. The zero-order valence-electron chi connectivity index (χ0n) is 16.7. The van der Waals surface area contributed by atoms with Crippen LogP contribution in [0.5, 0.6) is 0 Å². The molecule has 0 unspecified atom stereocenters.